The summed E-state index contributed by atoms with van der Waals surface area (Å²) in [6.45, 7) is 0. The average Bonchev–Trinajstić information content (AvgIpc) is 2.58. The number of halogens is 1. The van der Waals surface area contributed by atoms with Gasteiger partial charge in [0.1, 0.15) is 10.1 Å². The van der Waals surface area contributed by atoms with Crippen LogP contribution in [0.25, 0.3) is 10.9 Å². The Morgan fingerprint density at radius 1 is 1.26 bits per heavy atom. The molecule has 0 spiro atoms. The fourth-order valence-corrected chi connectivity index (χ4v) is 2.82. The van der Waals surface area contributed by atoms with Crippen LogP contribution in [0.3, 0.4) is 0 Å². The molecule has 1 N–H and O–H groups in total. The zero-order valence-electron chi connectivity index (χ0n) is 12.3. The first kappa shape index (κ1) is 15.4. The first-order valence-electron chi connectivity index (χ1n) is 6.89. The Bertz CT molecular complexity index is 882. The van der Waals surface area contributed by atoms with E-state index in [0.717, 1.165) is 17.5 Å². The van der Waals surface area contributed by atoms with E-state index in [-0.39, 0.29) is 11.4 Å². The number of fused-ring (bicyclic) bond motifs is 1. The fourth-order valence-electron chi connectivity index (χ4n) is 2.34. The molecule has 3 rings (SSSR count). The second-order valence-electron chi connectivity index (χ2n) is 4.99. The topological polar surface area (TPSA) is 72.3 Å². The van der Waals surface area contributed by atoms with Gasteiger partial charge >= 0.3 is 5.97 Å². The molecular formula is C17H13BrN2O3. The Balaban J connectivity index is 2.07. The molecular weight excluding hydrogens is 360 g/mol. The normalized spacial score (nSPS) is 10.7. The van der Waals surface area contributed by atoms with E-state index in [4.69, 9.17) is 0 Å². The standard InChI is InChI=1S/C17H13BrN2O3/c1-23-17(22)14-15(21)13-12(16(18)20-14)8-11(9-19-13)7-10-5-3-2-4-6-10/h2-6,8-9,21H,7H2,1H3. The number of nitrogens with zero attached hydrogens (tertiary/aromatic N) is 2. The van der Waals surface area contributed by atoms with Gasteiger partial charge in [-0.05, 0) is 39.5 Å². The Kier molecular flexibility index (Phi) is 4.25. The summed E-state index contributed by atoms with van der Waals surface area (Å²) in [4.78, 5) is 20.0. The van der Waals surface area contributed by atoms with Gasteiger partial charge in [-0.1, -0.05) is 30.3 Å². The van der Waals surface area contributed by atoms with Crippen molar-refractivity contribution in [2.45, 2.75) is 6.42 Å². The monoisotopic (exact) mass is 372 g/mol. The van der Waals surface area contributed by atoms with Crippen molar-refractivity contribution in [3.05, 3.63) is 64.0 Å². The van der Waals surface area contributed by atoms with Gasteiger partial charge in [-0.15, -0.1) is 0 Å². The van der Waals surface area contributed by atoms with Crippen LogP contribution in [0.4, 0.5) is 0 Å². The maximum Gasteiger partial charge on any atom is 0.360 e. The molecule has 116 valence electrons. The molecule has 0 atom stereocenters. The van der Waals surface area contributed by atoms with E-state index < -0.39 is 5.97 Å². The van der Waals surface area contributed by atoms with Crippen molar-refractivity contribution in [1.29, 1.82) is 0 Å². The highest BCUT2D eigenvalue weighted by Gasteiger charge is 2.20. The summed E-state index contributed by atoms with van der Waals surface area (Å²) in [5, 5.41) is 10.9. The number of carbonyl (C=O) groups excluding carboxylic acids is 1. The largest absolute Gasteiger partial charge is 0.504 e. The number of pyridine rings is 2. The van der Waals surface area contributed by atoms with Crippen LogP contribution in [-0.2, 0) is 11.2 Å². The van der Waals surface area contributed by atoms with E-state index in [1.807, 2.05) is 36.4 Å². The quantitative estimate of drug-likeness (QED) is 0.562. The number of rotatable bonds is 3. The van der Waals surface area contributed by atoms with E-state index >= 15 is 0 Å². The van der Waals surface area contributed by atoms with Crippen molar-refractivity contribution in [1.82, 2.24) is 9.97 Å². The number of aromatic hydroxyl groups is 1. The van der Waals surface area contributed by atoms with Crippen molar-refractivity contribution in [3.8, 4) is 5.75 Å². The smallest absolute Gasteiger partial charge is 0.360 e. The molecule has 0 saturated heterocycles. The van der Waals surface area contributed by atoms with Gasteiger partial charge < -0.3 is 9.84 Å². The molecule has 0 aliphatic rings. The lowest BCUT2D eigenvalue weighted by atomic mass is 10.1. The highest BCUT2D eigenvalue weighted by atomic mass is 79.9. The molecule has 2 aromatic heterocycles. The first-order chi connectivity index (χ1) is 11.1. The van der Waals surface area contributed by atoms with Gasteiger partial charge in [0.05, 0.1) is 7.11 Å². The lowest BCUT2D eigenvalue weighted by Crippen LogP contribution is -2.06. The molecule has 0 amide bonds. The number of aromatic nitrogens is 2. The van der Waals surface area contributed by atoms with Crippen molar-refractivity contribution < 1.29 is 14.6 Å². The van der Waals surface area contributed by atoms with Crippen LogP contribution in [0.1, 0.15) is 21.6 Å². The van der Waals surface area contributed by atoms with Gasteiger partial charge in [0, 0.05) is 11.6 Å². The molecule has 0 radical (unpaired) electrons. The van der Waals surface area contributed by atoms with Crippen LogP contribution in [-0.4, -0.2) is 28.2 Å². The number of hydrogen-bond donors (Lipinski definition) is 1. The minimum Gasteiger partial charge on any atom is -0.504 e. The molecule has 5 nitrogen and oxygen atoms in total. The highest BCUT2D eigenvalue weighted by Crippen LogP contribution is 2.31. The first-order valence-corrected chi connectivity index (χ1v) is 7.68. The third kappa shape index (κ3) is 3.03. The number of carbonyl (C=O) groups is 1. The van der Waals surface area contributed by atoms with Crippen LogP contribution < -0.4 is 0 Å². The second kappa shape index (κ2) is 6.34. The van der Waals surface area contributed by atoms with Gasteiger partial charge in [0.25, 0.3) is 0 Å². The van der Waals surface area contributed by atoms with Crippen LogP contribution in [0, 0.1) is 0 Å². The zero-order valence-corrected chi connectivity index (χ0v) is 13.9. The summed E-state index contributed by atoms with van der Waals surface area (Å²) in [5.41, 5.74) is 2.30. The molecule has 0 saturated carbocycles. The van der Waals surface area contributed by atoms with Crippen molar-refractivity contribution in [2.24, 2.45) is 0 Å². The minimum absolute atomic E-state index is 0.157. The van der Waals surface area contributed by atoms with Gasteiger partial charge in [-0.2, -0.15) is 0 Å². The van der Waals surface area contributed by atoms with E-state index in [2.05, 4.69) is 30.6 Å². The lowest BCUT2D eigenvalue weighted by molar-refractivity contribution is 0.0590. The number of ether oxygens (including phenoxy) is 1. The third-order valence-corrected chi connectivity index (χ3v) is 4.06. The van der Waals surface area contributed by atoms with Crippen LogP contribution in [0.5, 0.6) is 5.75 Å². The minimum atomic E-state index is -0.708. The SMILES string of the molecule is COC(=O)c1nc(Br)c2cc(Cc3ccccc3)cnc2c1O. The van der Waals surface area contributed by atoms with Gasteiger partial charge in [-0.25, -0.2) is 9.78 Å². The number of esters is 1. The summed E-state index contributed by atoms with van der Waals surface area (Å²) in [6.07, 6.45) is 2.40. The fraction of sp³-hybridized carbons (Fsp3) is 0.118. The number of benzene rings is 1. The highest BCUT2D eigenvalue weighted by molar-refractivity contribution is 9.10. The van der Waals surface area contributed by atoms with Crippen molar-refractivity contribution in [2.75, 3.05) is 7.11 Å². The molecule has 0 bridgehead atoms. The van der Waals surface area contributed by atoms with Crippen LogP contribution >= 0.6 is 15.9 Å². The Morgan fingerprint density at radius 2 is 2.00 bits per heavy atom. The molecule has 0 unspecified atom stereocenters. The number of hydrogen-bond acceptors (Lipinski definition) is 5. The Labute approximate surface area is 141 Å². The van der Waals surface area contributed by atoms with E-state index in [1.165, 1.54) is 7.11 Å². The van der Waals surface area contributed by atoms with Crippen LogP contribution in [0.2, 0.25) is 0 Å². The van der Waals surface area contributed by atoms with E-state index in [9.17, 15) is 9.90 Å². The second-order valence-corrected chi connectivity index (χ2v) is 5.74. The van der Waals surface area contributed by atoms with Crippen LogP contribution in [0.15, 0.2) is 47.2 Å². The summed E-state index contributed by atoms with van der Waals surface area (Å²) in [5.74, 6) is -0.985. The summed E-state index contributed by atoms with van der Waals surface area (Å²) < 4.78 is 5.05. The Hall–Kier alpha value is -2.47. The third-order valence-electron chi connectivity index (χ3n) is 3.45. The molecule has 1 aromatic carbocycles. The molecule has 6 heteroatoms. The molecule has 0 aliphatic heterocycles. The number of methoxy groups -OCH3 is 1. The predicted octanol–water partition coefficient (Wildman–Crippen LogP) is 3.48. The van der Waals surface area contributed by atoms with Gasteiger partial charge in [0.2, 0.25) is 0 Å². The summed E-state index contributed by atoms with van der Waals surface area (Å²) in [7, 11) is 1.23. The molecule has 2 heterocycles. The average molecular weight is 373 g/mol. The van der Waals surface area contributed by atoms with Gasteiger partial charge in [0.15, 0.2) is 11.4 Å². The predicted molar refractivity (Wildman–Crippen MR) is 89.5 cm³/mol. The lowest BCUT2D eigenvalue weighted by Gasteiger charge is -2.09. The summed E-state index contributed by atoms with van der Waals surface area (Å²) in [6, 6.07) is 11.9. The zero-order chi connectivity index (χ0) is 16.4. The molecule has 0 aliphatic carbocycles. The maximum atomic E-state index is 11.6. The Morgan fingerprint density at radius 3 is 2.70 bits per heavy atom. The van der Waals surface area contributed by atoms with E-state index in [0.29, 0.717) is 15.5 Å². The maximum absolute atomic E-state index is 11.6. The van der Waals surface area contributed by atoms with Gasteiger partial charge in [-0.3, -0.25) is 4.98 Å². The van der Waals surface area contributed by atoms with Crippen molar-refractivity contribution >= 4 is 32.8 Å². The summed E-state index contributed by atoms with van der Waals surface area (Å²) >= 11 is 3.33. The molecule has 23 heavy (non-hydrogen) atoms. The molecule has 3 aromatic rings. The van der Waals surface area contributed by atoms with Crippen molar-refractivity contribution in [3.63, 3.8) is 0 Å². The van der Waals surface area contributed by atoms with E-state index in [1.54, 1.807) is 6.20 Å². The molecule has 0 fully saturated rings.